The van der Waals surface area contributed by atoms with Gasteiger partial charge in [-0.2, -0.15) is 4.98 Å². The molecule has 0 amide bonds. The van der Waals surface area contributed by atoms with Crippen LogP contribution >= 0.6 is 0 Å². The molecule has 1 fully saturated rings. The Labute approximate surface area is 115 Å². The minimum absolute atomic E-state index is 0.319. The van der Waals surface area contributed by atoms with Gasteiger partial charge < -0.3 is 15.2 Å². The second kappa shape index (κ2) is 6.37. The largest absolute Gasteiger partial charge is 0.330 e. The Bertz CT molecular complexity index is 383. The molecule has 0 saturated carbocycles. The molecule has 1 atom stereocenters. The lowest BCUT2D eigenvalue weighted by molar-refractivity contribution is 0.273. The molecule has 1 aliphatic heterocycles. The van der Waals surface area contributed by atoms with Crippen molar-refractivity contribution in [2.24, 2.45) is 17.6 Å². The summed E-state index contributed by atoms with van der Waals surface area (Å²) in [4.78, 5) is 6.68. The number of rotatable bonds is 5. The molecule has 1 aromatic heterocycles. The maximum atomic E-state index is 5.64. The first-order chi connectivity index (χ1) is 9.11. The van der Waals surface area contributed by atoms with Crippen LogP contribution in [-0.4, -0.2) is 29.8 Å². The van der Waals surface area contributed by atoms with Gasteiger partial charge in [0.15, 0.2) is 5.82 Å². The molecule has 1 aromatic rings. The molecular weight excluding hydrogens is 240 g/mol. The summed E-state index contributed by atoms with van der Waals surface area (Å²) in [6.45, 7) is 9.29. The van der Waals surface area contributed by atoms with Gasteiger partial charge in [0.1, 0.15) is 0 Å². The number of aromatic nitrogens is 2. The van der Waals surface area contributed by atoms with E-state index in [-0.39, 0.29) is 0 Å². The Morgan fingerprint density at radius 3 is 2.53 bits per heavy atom. The molecule has 1 unspecified atom stereocenters. The van der Waals surface area contributed by atoms with Crippen molar-refractivity contribution in [3.05, 3.63) is 5.82 Å². The van der Waals surface area contributed by atoms with Gasteiger partial charge in [0, 0.05) is 19.0 Å². The quantitative estimate of drug-likeness (QED) is 0.886. The molecule has 108 valence electrons. The van der Waals surface area contributed by atoms with Crippen LogP contribution in [-0.2, 0) is 0 Å². The second-order valence-corrected chi connectivity index (χ2v) is 5.97. The number of nitrogens with two attached hydrogens (primary N) is 1. The van der Waals surface area contributed by atoms with Crippen molar-refractivity contribution in [3.63, 3.8) is 0 Å². The molecule has 0 aromatic carbocycles. The molecule has 2 heterocycles. The van der Waals surface area contributed by atoms with Crippen LogP contribution in [0, 0.1) is 11.8 Å². The Hall–Kier alpha value is -1.10. The Kier molecular flexibility index (Phi) is 4.80. The van der Waals surface area contributed by atoms with Crippen molar-refractivity contribution in [2.45, 2.75) is 46.0 Å². The molecular formula is C14H26N4O. The van der Waals surface area contributed by atoms with Crippen molar-refractivity contribution in [2.75, 3.05) is 24.5 Å². The van der Waals surface area contributed by atoms with Gasteiger partial charge in [0.25, 0.3) is 0 Å². The van der Waals surface area contributed by atoms with E-state index in [2.05, 4.69) is 35.8 Å². The third-order valence-electron chi connectivity index (χ3n) is 4.18. The summed E-state index contributed by atoms with van der Waals surface area (Å²) in [6, 6.07) is 0.689. The van der Waals surface area contributed by atoms with E-state index in [1.54, 1.807) is 0 Å². The predicted octanol–water partition coefficient (Wildman–Crippen LogP) is 2.39. The highest BCUT2D eigenvalue weighted by Crippen LogP contribution is 2.29. The number of nitrogens with zero attached hydrogens (tertiary/aromatic N) is 3. The zero-order valence-corrected chi connectivity index (χ0v) is 12.3. The van der Waals surface area contributed by atoms with E-state index in [1.165, 1.54) is 12.8 Å². The first kappa shape index (κ1) is 14.3. The van der Waals surface area contributed by atoms with E-state index >= 15 is 0 Å². The highest BCUT2D eigenvalue weighted by Gasteiger charge is 2.26. The Morgan fingerprint density at radius 1 is 1.32 bits per heavy atom. The first-order valence-corrected chi connectivity index (χ1v) is 7.40. The molecule has 1 saturated heterocycles. The van der Waals surface area contributed by atoms with Gasteiger partial charge in [-0.25, -0.2) is 0 Å². The highest BCUT2D eigenvalue weighted by atomic mass is 16.5. The summed E-state index contributed by atoms with van der Waals surface area (Å²) in [5.41, 5.74) is 5.64. The summed E-state index contributed by atoms with van der Waals surface area (Å²) in [5.74, 6) is 2.63. The highest BCUT2D eigenvalue weighted by molar-refractivity contribution is 5.26. The van der Waals surface area contributed by atoms with Gasteiger partial charge in [0.05, 0.1) is 0 Å². The van der Waals surface area contributed by atoms with Crippen molar-refractivity contribution >= 4 is 6.01 Å². The zero-order chi connectivity index (χ0) is 13.8. The van der Waals surface area contributed by atoms with Crippen LogP contribution in [0.25, 0.3) is 0 Å². The average molecular weight is 266 g/mol. The van der Waals surface area contributed by atoms with E-state index in [0.29, 0.717) is 11.9 Å². The molecule has 0 spiro atoms. The second-order valence-electron chi connectivity index (χ2n) is 5.97. The molecule has 0 radical (unpaired) electrons. The van der Waals surface area contributed by atoms with Gasteiger partial charge in [-0.3, -0.25) is 0 Å². The number of anilines is 1. The third-order valence-corrected chi connectivity index (χ3v) is 4.18. The van der Waals surface area contributed by atoms with Crippen molar-refractivity contribution in [1.82, 2.24) is 10.1 Å². The topological polar surface area (TPSA) is 68.2 Å². The van der Waals surface area contributed by atoms with E-state index in [1.807, 2.05) is 0 Å². The van der Waals surface area contributed by atoms with Crippen LogP contribution < -0.4 is 10.6 Å². The Balaban J connectivity index is 1.88. The van der Waals surface area contributed by atoms with Crippen LogP contribution in [0.3, 0.4) is 0 Å². The smallest absolute Gasteiger partial charge is 0.324 e. The maximum absolute atomic E-state index is 5.64. The predicted molar refractivity (Wildman–Crippen MR) is 76.2 cm³/mol. The van der Waals surface area contributed by atoms with Crippen molar-refractivity contribution in [3.8, 4) is 0 Å². The third kappa shape index (κ3) is 3.47. The normalized spacial score (nSPS) is 19.1. The summed E-state index contributed by atoms with van der Waals surface area (Å²) in [5, 5.41) is 4.03. The lowest BCUT2D eigenvalue weighted by Gasteiger charge is -2.33. The lowest BCUT2D eigenvalue weighted by atomic mass is 9.84. The minimum Gasteiger partial charge on any atom is -0.330 e. The molecule has 5 heteroatoms. The molecule has 1 aliphatic rings. The van der Waals surface area contributed by atoms with Crippen LogP contribution in [0.2, 0.25) is 0 Å². The fraction of sp³-hybridized carbons (Fsp3) is 0.857. The standard InChI is InChI=1S/C14H26N4O/c1-10(2)13-16-14(19-17-13)18-8-5-12(6-9-18)11(3)4-7-15/h10-12H,4-9,15H2,1-3H3. The van der Waals surface area contributed by atoms with Crippen LogP contribution in [0.1, 0.15) is 51.8 Å². The molecule has 0 bridgehead atoms. The maximum Gasteiger partial charge on any atom is 0.324 e. The van der Waals surface area contributed by atoms with Gasteiger partial charge in [0.2, 0.25) is 0 Å². The molecule has 0 aliphatic carbocycles. The van der Waals surface area contributed by atoms with E-state index < -0.39 is 0 Å². The summed E-state index contributed by atoms with van der Waals surface area (Å²) < 4.78 is 5.35. The van der Waals surface area contributed by atoms with Crippen LogP contribution in [0.4, 0.5) is 6.01 Å². The van der Waals surface area contributed by atoms with Gasteiger partial charge in [-0.05, 0) is 37.6 Å². The fourth-order valence-corrected chi connectivity index (χ4v) is 2.75. The van der Waals surface area contributed by atoms with E-state index in [0.717, 1.165) is 43.7 Å². The van der Waals surface area contributed by atoms with E-state index in [4.69, 9.17) is 10.3 Å². The monoisotopic (exact) mass is 266 g/mol. The zero-order valence-electron chi connectivity index (χ0n) is 12.3. The van der Waals surface area contributed by atoms with E-state index in [9.17, 15) is 0 Å². The van der Waals surface area contributed by atoms with Crippen molar-refractivity contribution in [1.29, 1.82) is 0 Å². The first-order valence-electron chi connectivity index (χ1n) is 7.40. The number of piperidine rings is 1. The summed E-state index contributed by atoms with van der Waals surface area (Å²) in [6.07, 6.45) is 3.52. The molecule has 5 nitrogen and oxygen atoms in total. The molecule has 2 N–H and O–H groups in total. The van der Waals surface area contributed by atoms with Crippen LogP contribution in [0.5, 0.6) is 0 Å². The summed E-state index contributed by atoms with van der Waals surface area (Å²) in [7, 11) is 0. The lowest BCUT2D eigenvalue weighted by Crippen LogP contribution is -2.36. The molecule has 2 rings (SSSR count). The summed E-state index contributed by atoms with van der Waals surface area (Å²) >= 11 is 0. The van der Waals surface area contributed by atoms with Gasteiger partial charge >= 0.3 is 6.01 Å². The van der Waals surface area contributed by atoms with Gasteiger partial charge in [-0.15, -0.1) is 0 Å². The fourth-order valence-electron chi connectivity index (χ4n) is 2.75. The Morgan fingerprint density at radius 2 is 2.00 bits per heavy atom. The average Bonchev–Trinajstić information content (AvgIpc) is 2.89. The SMILES string of the molecule is CC(C)c1noc(N2CCC(C(C)CCN)CC2)n1. The molecule has 19 heavy (non-hydrogen) atoms. The minimum atomic E-state index is 0.319. The van der Waals surface area contributed by atoms with Gasteiger partial charge in [-0.1, -0.05) is 25.9 Å². The number of hydrogen-bond donors (Lipinski definition) is 1. The van der Waals surface area contributed by atoms with Crippen LogP contribution in [0.15, 0.2) is 4.52 Å². The number of hydrogen-bond acceptors (Lipinski definition) is 5. The van der Waals surface area contributed by atoms with Crippen molar-refractivity contribution < 1.29 is 4.52 Å².